The van der Waals surface area contributed by atoms with Gasteiger partial charge in [-0.3, -0.25) is 0 Å². The number of fused-ring (bicyclic) bond motifs is 1. The van der Waals surface area contributed by atoms with E-state index in [0.717, 1.165) is 5.56 Å². The summed E-state index contributed by atoms with van der Waals surface area (Å²) in [7, 11) is 0. The number of urea groups is 1. The van der Waals surface area contributed by atoms with Gasteiger partial charge in [0, 0.05) is 12.2 Å². The van der Waals surface area contributed by atoms with Gasteiger partial charge in [0.1, 0.15) is 5.52 Å². The number of aromatic amines is 1. The van der Waals surface area contributed by atoms with E-state index in [9.17, 15) is 18.0 Å². The van der Waals surface area contributed by atoms with E-state index in [1.807, 2.05) is 0 Å². The van der Waals surface area contributed by atoms with E-state index in [4.69, 9.17) is 5.73 Å². The number of rotatable bonds is 4. The van der Waals surface area contributed by atoms with Gasteiger partial charge in [-0.2, -0.15) is 13.2 Å². The normalized spacial score (nSPS) is 11.5. The van der Waals surface area contributed by atoms with Crippen LogP contribution >= 0.6 is 0 Å². The van der Waals surface area contributed by atoms with Crippen molar-refractivity contribution < 1.29 is 18.0 Å². The first-order valence-electron chi connectivity index (χ1n) is 7.00. The van der Waals surface area contributed by atoms with Crippen LogP contribution in [-0.4, -0.2) is 26.0 Å². The van der Waals surface area contributed by atoms with Gasteiger partial charge in [-0.1, -0.05) is 12.1 Å². The number of H-pyrrole nitrogens is 1. The van der Waals surface area contributed by atoms with Crippen LogP contribution in [-0.2, 0) is 12.7 Å². The number of alkyl halides is 3. The summed E-state index contributed by atoms with van der Waals surface area (Å²) in [6, 6.07) is 5.93. The average molecular weight is 351 g/mol. The molecule has 1 aromatic carbocycles. The number of nitrogens with zero attached hydrogens (tertiary/aromatic N) is 3. The number of hydrogen-bond acceptors (Lipinski definition) is 5. The van der Waals surface area contributed by atoms with Crippen molar-refractivity contribution >= 4 is 28.7 Å². The Hall–Kier alpha value is -3.37. The fraction of sp³-hybridized carbons (Fsp3) is 0.143. The number of carbonyl (C=O) groups excluding carboxylic acids is 1. The molecule has 25 heavy (non-hydrogen) atoms. The molecule has 0 aliphatic rings. The summed E-state index contributed by atoms with van der Waals surface area (Å²) >= 11 is 0. The number of anilines is 2. The summed E-state index contributed by atoms with van der Waals surface area (Å²) in [6.45, 7) is 0.208. The van der Waals surface area contributed by atoms with Gasteiger partial charge in [0.25, 0.3) is 0 Å². The third-order valence-corrected chi connectivity index (χ3v) is 3.22. The van der Waals surface area contributed by atoms with Crippen molar-refractivity contribution in [3.63, 3.8) is 0 Å². The lowest BCUT2D eigenvalue weighted by atomic mass is 10.2. The van der Waals surface area contributed by atoms with E-state index in [2.05, 4.69) is 30.6 Å². The largest absolute Gasteiger partial charge is 0.451 e. The van der Waals surface area contributed by atoms with Crippen molar-refractivity contribution in [2.75, 3.05) is 10.6 Å². The van der Waals surface area contributed by atoms with E-state index in [0.29, 0.717) is 5.69 Å². The van der Waals surface area contributed by atoms with Crippen LogP contribution in [0.25, 0.3) is 11.2 Å². The summed E-state index contributed by atoms with van der Waals surface area (Å²) in [5, 5.41) is 5.24. The van der Waals surface area contributed by atoms with Crippen LogP contribution in [0.1, 0.15) is 11.4 Å². The molecule has 2 aromatic heterocycles. The SMILES string of the molecule is NC(=O)Nc1ccc(CNc2nc(C(F)(F)F)nc3nc[nH]c23)cc1. The summed E-state index contributed by atoms with van der Waals surface area (Å²) in [5.74, 6) is -1.27. The number of primary amides is 1. The Bertz CT molecular complexity index is 905. The first kappa shape index (κ1) is 16.5. The van der Waals surface area contributed by atoms with Crippen LogP contribution < -0.4 is 16.4 Å². The van der Waals surface area contributed by atoms with Crippen LogP contribution in [0.5, 0.6) is 0 Å². The number of hydrogen-bond donors (Lipinski definition) is 4. The highest BCUT2D eigenvalue weighted by molar-refractivity contribution is 5.87. The summed E-state index contributed by atoms with van der Waals surface area (Å²) in [5.41, 5.74) is 6.48. The first-order chi connectivity index (χ1) is 11.8. The fourth-order valence-corrected chi connectivity index (χ4v) is 2.12. The number of carbonyl (C=O) groups is 1. The minimum Gasteiger partial charge on any atom is -0.364 e. The van der Waals surface area contributed by atoms with E-state index < -0.39 is 18.0 Å². The quantitative estimate of drug-likeness (QED) is 0.575. The van der Waals surface area contributed by atoms with Crippen molar-refractivity contribution in [2.24, 2.45) is 5.73 Å². The van der Waals surface area contributed by atoms with Gasteiger partial charge >= 0.3 is 12.2 Å². The second-order valence-corrected chi connectivity index (χ2v) is 5.03. The Morgan fingerprint density at radius 1 is 1.20 bits per heavy atom. The van der Waals surface area contributed by atoms with Crippen molar-refractivity contribution in [2.45, 2.75) is 12.7 Å². The zero-order chi connectivity index (χ0) is 18.0. The van der Waals surface area contributed by atoms with Gasteiger partial charge in [-0.05, 0) is 17.7 Å². The minimum atomic E-state index is -4.67. The van der Waals surface area contributed by atoms with E-state index in [1.54, 1.807) is 24.3 Å². The van der Waals surface area contributed by atoms with E-state index >= 15 is 0 Å². The van der Waals surface area contributed by atoms with Gasteiger partial charge in [0.2, 0.25) is 5.82 Å². The highest BCUT2D eigenvalue weighted by Crippen LogP contribution is 2.29. The average Bonchev–Trinajstić information content (AvgIpc) is 3.01. The van der Waals surface area contributed by atoms with Crippen molar-refractivity contribution in [3.8, 4) is 0 Å². The molecule has 0 atom stereocenters. The molecular formula is C14H12F3N7O. The predicted octanol–water partition coefficient (Wildman–Crippen LogP) is 2.47. The maximum absolute atomic E-state index is 12.9. The first-order valence-corrected chi connectivity index (χ1v) is 7.00. The molecule has 0 radical (unpaired) electrons. The lowest BCUT2D eigenvalue weighted by molar-refractivity contribution is -0.144. The summed E-state index contributed by atoms with van der Waals surface area (Å²) in [4.78, 5) is 24.1. The van der Waals surface area contributed by atoms with Gasteiger partial charge < -0.3 is 21.4 Å². The zero-order valence-electron chi connectivity index (χ0n) is 12.6. The molecule has 2 heterocycles. The monoisotopic (exact) mass is 351 g/mol. The Morgan fingerprint density at radius 2 is 1.92 bits per heavy atom. The Labute approximate surface area is 138 Å². The lowest BCUT2D eigenvalue weighted by Crippen LogP contribution is -2.19. The Kier molecular flexibility index (Phi) is 4.13. The molecule has 0 saturated heterocycles. The van der Waals surface area contributed by atoms with Gasteiger partial charge in [0.05, 0.1) is 6.33 Å². The van der Waals surface area contributed by atoms with Crippen molar-refractivity contribution in [1.82, 2.24) is 19.9 Å². The number of benzene rings is 1. The fourth-order valence-electron chi connectivity index (χ4n) is 2.12. The third-order valence-electron chi connectivity index (χ3n) is 3.22. The molecule has 0 aliphatic heterocycles. The molecule has 5 N–H and O–H groups in total. The topological polar surface area (TPSA) is 122 Å². The predicted molar refractivity (Wildman–Crippen MR) is 83.7 cm³/mol. The second-order valence-electron chi connectivity index (χ2n) is 5.03. The maximum Gasteiger partial charge on any atom is 0.451 e. The molecule has 8 nitrogen and oxygen atoms in total. The van der Waals surface area contributed by atoms with Crippen molar-refractivity contribution in [1.29, 1.82) is 0 Å². The number of nitrogens with two attached hydrogens (primary N) is 1. The highest BCUT2D eigenvalue weighted by Gasteiger charge is 2.36. The van der Waals surface area contributed by atoms with Gasteiger partial charge in [-0.15, -0.1) is 0 Å². The van der Waals surface area contributed by atoms with Crippen LogP contribution in [0, 0.1) is 0 Å². The van der Waals surface area contributed by atoms with Crippen LogP contribution in [0.2, 0.25) is 0 Å². The zero-order valence-corrected chi connectivity index (χ0v) is 12.6. The molecule has 0 unspecified atom stereocenters. The summed E-state index contributed by atoms with van der Waals surface area (Å²) < 4.78 is 38.6. The molecule has 0 bridgehead atoms. The van der Waals surface area contributed by atoms with Gasteiger partial charge in [-0.25, -0.2) is 19.7 Å². The lowest BCUT2D eigenvalue weighted by Gasteiger charge is -2.10. The molecule has 2 amide bonds. The standard InChI is InChI=1S/C14H12F3N7O/c15-14(16,17)12-23-10(9-11(24-12)21-6-20-9)19-5-7-1-3-8(4-2-7)22-13(18)25/h1-4,6H,5H2,(H3,18,22,25)(H2,19,20,21,23,24). The smallest absolute Gasteiger partial charge is 0.364 e. The van der Waals surface area contributed by atoms with Crippen LogP contribution in [0.3, 0.4) is 0 Å². The van der Waals surface area contributed by atoms with E-state index in [1.165, 1.54) is 6.33 Å². The number of halogens is 3. The molecule has 0 aliphatic carbocycles. The Balaban J connectivity index is 1.81. The van der Waals surface area contributed by atoms with Crippen LogP contribution in [0.4, 0.5) is 29.5 Å². The number of nitrogens with one attached hydrogen (secondary N) is 3. The molecule has 0 saturated carbocycles. The molecule has 0 spiro atoms. The second kappa shape index (κ2) is 6.26. The molecule has 3 rings (SSSR count). The summed E-state index contributed by atoms with van der Waals surface area (Å²) in [6.07, 6.45) is -3.43. The molecular weight excluding hydrogens is 339 g/mol. The third kappa shape index (κ3) is 3.76. The number of imidazole rings is 1. The maximum atomic E-state index is 12.9. The highest BCUT2D eigenvalue weighted by atomic mass is 19.4. The molecule has 11 heteroatoms. The van der Waals surface area contributed by atoms with Crippen molar-refractivity contribution in [3.05, 3.63) is 42.0 Å². The molecule has 130 valence electrons. The number of amides is 2. The van der Waals surface area contributed by atoms with E-state index in [-0.39, 0.29) is 23.5 Å². The van der Waals surface area contributed by atoms with Gasteiger partial charge in [0.15, 0.2) is 11.5 Å². The minimum absolute atomic E-state index is 0.00541. The number of aromatic nitrogens is 4. The van der Waals surface area contributed by atoms with Crippen LogP contribution in [0.15, 0.2) is 30.6 Å². The Morgan fingerprint density at radius 3 is 2.56 bits per heavy atom. The molecule has 3 aromatic rings. The molecule has 0 fully saturated rings.